The van der Waals surface area contributed by atoms with Crippen molar-refractivity contribution in [3.63, 3.8) is 0 Å². The first-order valence-electron chi connectivity index (χ1n) is 10.7. The van der Waals surface area contributed by atoms with Crippen molar-refractivity contribution in [2.75, 3.05) is 5.32 Å². The molecule has 0 unspecified atom stereocenters. The normalized spacial score (nSPS) is 11.4. The van der Waals surface area contributed by atoms with Gasteiger partial charge in [0.05, 0.1) is 16.0 Å². The van der Waals surface area contributed by atoms with E-state index >= 15 is 0 Å². The molecule has 2 aromatic carbocycles. The number of anilines is 2. The number of benzene rings is 2. The van der Waals surface area contributed by atoms with E-state index in [2.05, 4.69) is 20.6 Å². The number of hydrogen-bond acceptors (Lipinski definition) is 6. The first kappa shape index (κ1) is 25.6. The second-order valence-corrected chi connectivity index (χ2v) is 10.2. The predicted octanol–water partition coefficient (Wildman–Crippen LogP) is 7.16. The maximum absolute atomic E-state index is 13.1. The van der Waals surface area contributed by atoms with E-state index in [0.29, 0.717) is 22.1 Å². The van der Waals surface area contributed by atoms with Gasteiger partial charge in [-0.3, -0.25) is 4.79 Å². The Morgan fingerprint density at radius 1 is 1.06 bits per heavy atom. The second kappa shape index (κ2) is 11.1. The van der Waals surface area contributed by atoms with Crippen LogP contribution in [-0.2, 0) is 19.4 Å². The van der Waals surface area contributed by atoms with Crippen molar-refractivity contribution in [1.29, 1.82) is 0 Å². The van der Waals surface area contributed by atoms with Gasteiger partial charge in [-0.15, -0.1) is 0 Å². The van der Waals surface area contributed by atoms with Crippen LogP contribution in [0.25, 0.3) is 0 Å². The molecule has 0 saturated carbocycles. The Bertz CT molecular complexity index is 1360. The summed E-state index contributed by atoms with van der Waals surface area (Å²) in [5, 5.41) is 6.45. The largest absolute Gasteiger partial charge is 0.416 e. The number of thiazole rings is 1. The summed E-state index contributed by atoms with van der Waals surface area (Å²) in [5.74, 6) is 0.244. The highest BCUT2D eigenvalue weighted by atomic mass is 32.2. The van der Waals surface area contributed by atoms with E-state index in [4.69, 9.17) is 0 Å². The molecule has 2 heterocycles. The molecule has 4 rings (SSSR count). The summed E-state index contributed by atoms with van der Waals surface area (Å²) in [4.78, 5) is 22.2. The molecule has 4 aromatic rings. The summed E-state index contributed by atoms with van der Waals surface area (Å²) < 4.78 is 53.3. The Kier molecular flexibility index (Phi) is 7.90. The van der Waals surface area contributed by atoms with Gasteiger partial charge in [0.25, 0.3) is 5.91 Å². The topological polar surface area (TPSA) is 66.9 Å². The highest BCUT2D eigenvalue weighted by molar-refractivity contribution is 8.01. The van der Waals surface area contributed by atoms with E-state index in [1.54, 1.807) is 31.5 Å². The third-order valence-corrected chi connectivity index (χ3v) is 7.05. The quantitative estimate of drug-likeness (QED) is 0.236. The molecule has 0 radical (unpaired) electrons. The summed E-state index contributed by atoms with van der Waals surface area (Å²) in [6, 6.07) is 13.9. The van der Waals surface area contributed by atoms with Gasteiger partial charge in [0.2, 0.25) is 0 Å². The number of rotatable bonds is 8. The Hall–Kier alpha value is -3.44. The Morgan fingerprint density at radius 3 is 2.58 bits per heavy atom. The van der Waals surface area contributed by atoms with Crippen molar-refractivity contribution in [2.24, 2.45) is 0 Å². The molecule has 0 atom stereocenters. The maximum Gasteiger partial charge on any atom is 0.416 e. The van der Waals surface area contributed by atoms with Crippen LogP contribution >= 0.6 is 23.1 Å². The van der Waals surface area contributed by atoms with Crippen LogP contribution in [-0.4, -0.2) is 15.9 Å². The summed E-state index contributed by atoms with van der Waals surface area (Å²) in [7, 11) is 0. The molecule has 5 nitrogen and oxygen atoms in total. The van der Waals surface area contributed by atoms with Crippen molar-refractivity contribution in [2.45, 2.75) is 35.4 Å². The van der Waals surface area contributed by atoms with Gasteiger partial charge in [0.15, 0.2) is 5.13 Å². The van der Waals surface area contributed by atoms with Gasteiger partial charge >= 0.3 is 6.18 Å². The van der Waals surface area contributed by atoms with Crippen LogP contribution in [0.3, 0.4) is 0 Å². The minimum atomic E-state index is -4.60. The summed E-state index contributed by atoms with van der Waals surface area (Å²) in [6.45, 7) is 0.584. The van der Waals surface area contributed by atoms with Crippen LogP contribution in [0.4, 0.5) is 28.5 Å². The lowest BCUT2D eigenvalue weighted by Gasteiger charge is -2.13. The number of nitrogens with zero attached hydrogens (tertiary/aromatic N) is 2. The third-order valence-electron chi connectivity index (χ3n) is 5.04. The molecule has 11 heteroatoms. The van der Waals surface area contributed by atoms with E-state index in [-0.39, 0.29) is 17.7 Å². The molecule has 0 saturated heterocycles. The van der Waals surface area contributed by atoms with Crippen molar-refractivity contribution in [1.82, 2.24) is 15.3 Å². The highest BCUT2D eigenvalue weighted by Crippen LogP contribution is 2.35. The number of aryl methyl sites for hydroxylation is 1. The average Bonchev–Trinajstić information content (AvgIpc) is 3.30. The molecular formula is C25H20F4N4OS2. The zero-order chi connectivity index (χ0) is 25.7. The SMILES string of the molecule is Cc1ccc(Sc2cnc(Nc3ccccn3)s2)cc1C(=O)NCc1cc(CF)cc(C(F)(F)F)c1. The van der Waals surface area contributed by atoms with Crippen molar-refractivity contribution in [3.05, 3.63) is 94.8 Å². The minimum Gasteiger partial charge on any atom is -0.348 e. The average molecular weight is 533 g/mol. The molecule has 0 aliphatic rings. The number of amides is 1. The van der Waals surface area contributed by atoms with Gasteiger partial charge in [0.1, 0.15) is 12.5 Å². The first-order chi connectivity index (χ1) is 17.2. The molecular weight excluding hydrogens is 512 g/mol. The van der Waals surface area contributed by atoms with Crippen molar-refractivity contribution in [3.8, 4) is 0 Å². The van der Waals surface area contributed by atoms with Crippen LogP contribution in [0, 0.1) is 6.92 Å². The van der Waals surface area contributed by atoms with Crippen LogP contribution < -0.4 is 10.6 Å². The lowest BCUT2D eigenvalue weighted by molar-refractivity contribution is -0.137. The number of halogens is 4. The maximum atomic E-state index is 13.1. The third kappa shape index (κ3) is 6.61. The van der Waals surface area contributed by atoms with Gasteiger partial charge in [-0.2, -0.15) is 13.2 Å². The molecule has 0 aliphatic carbocycles. The molecule has 36 heavy (non-hydrogen) atoms. The predicted molar refractivity (Wildman–Crippen MR) is 132 cm³/mol. The van der Waals surface area contributed by atoms with Crippen molar-refractivity contribution >= 4 is 40.0 Å². The zero-order valence-electron chi connectivity index (χ0n) is 18.9. The molecule has 0 aliphatic heterocycles. The van der Waals surface area contributed by atoms with Gasteiger partial charge < -0.3 is 10.6 Å². The summed E-state index contributed by atoms with van der Waals surface area (Å²) in [5.41, 5.74) is 0.246. The number of carbonyl (C=O) groups excluding carboxylic acids is 1. The smallest absolute Gasteiger partial charge is 0.348 e. The van der Waals surface area contributed by atoms with Crippen molar-refractivity contribution < 1.29 is 22.4 Å². The van der Waals surface area contributed by atoms with Crippen LogP contribution in [0.1, 0.15) is 32.6 Å². The van der Waals surface area contributed by atoms with E-state index in [9.17, 15) is 22.4 Å². The Balaban J connectivity index is 1.44. The van der Waals surface area contributed by atoms with E-state index in [0.717, 1.165) is 21.2 Å². The van der Waals surface area contributed by atoms with Crippen LogP contribution in [0.2, 0.25) is 0 Å². The summed E-state index contributed by atoms with van der Waals surface area (Å²) in [6.07, 6.45) is -1.20. The number of hydrogen-bond donors (Lipinski definition) is 2. The fourth-order valence-electron chi connectivity index (χ4n) is 3.32. The Morgan fingerprint density at radius 2 is 1.86 bits per heavy atom. The number of pyridine rings is 1. The number of aromatic nitrogens is 2. The number of carbonyl (C=O) groups is 1. The standard InChI is InChI=1S/C25H20F4N4OS2/c1-15-5-6-19(35-22-14-32-24(36-22)33-21-4-2-3-7-30-21)11-20(15)23(34)31-13-17-8-16(12-26)9-18(10-17)25(27,28)29/h2-11,14H,12-13H2,1H3,(H,31,34)(H,30,32,33). The highest BCUT2D eigenvalue weighted by Gasteiger charge is 2.31. The van der Waals surface area contributed by atoms with Gasteiger partial charge in [0, 0.05) is 23.2 Å². The number of nitrogens with one attached hydrogen (secondary N) is 2. The summed E-state index contributed by atoms with van der Waals surface area (Å²) >= 11 is 2.87. The van der Waals surface area contributed by atoms with Crippen LogP contribution in [0.15, 0.2) is 76.1 Å². The molecule has 2 N–H and O–H groups in total. The minimum absolute atomic E-state index is 0.0925. The molecule has 186 valence electrons. The number of alkyl halides is 4. The second-order valence-electron chi connectivity index (χ2n) is 7.76. The molecule has 2 aromatic heterocycles. The first-order valence-corrected chi connectivity index (χ1v) is 12.3. The van der Waals surface area contributed by atoms with E-state index in [1.807, 2.05) is 24.3 Å². The lowest BCUT2D eigenvalue weighted by atomic mass is 10.0. The van der Waals surface area contributed by atoms with E-state index < -0.39 is 24.3 Å². The van der Waals surface area contributed by atoms with Gasteiger partial charge in [-0.05, 0) is 60.0 Å². The van der Waals surface area contributed by atoms with Crippen LogP contribution in [0.5, 0.6) is 0 Å². The fourth-order valence-corrected chi connectivity index (χ4v) is 5.22. The lowest BCUT2D eigenvalue weighted by Crippen LogP contribution is -2.24. The molecule has 0 bridgehead atoms. The Labute approximate surface area is 213 Å². The van der Waals surface area contributed by atoms with Gasteiger partial charge in [-0.1, -0.05) is 41.3 Å². The van der Waals surface area contributed by atoms with E-state index in [1.165, 1.54) is 29.2 Å². The van der Waals surface area contributed by atoms with Gasteiger partial charge in [-0.25, -0.2) is 14.4 Å². The monoisotopic (exact) mass is 532 g/mol. The fraction of sp³-hybridized carbons (Fsp3) is 0.160. The molecule has 0 fully saturated rings. The molecule has 1 amide bonds. The zero-order valence-corrected chi connectivity index (χ0v) is 20.5. The molecule has 0 spiro atoms.